The van der Waals surface area contributed by atoms with Gasteiger partial charge in [0.2, 0.25) is 0 Å². The topological polar surface area (TPSA) is 70.6 Å². The summed E-state index contributed by atoms with van der Waals surface area (Å²) in [5, 5.41) is 6.48. The molecule has 6 heteroatoms. The Morgan fingerprint density at radius 1 is 1.14 bits per heavy atom. The van der Waals surface area contributed by atoms with Crippen molar-refractivity contribution in [3.05, 3.63) is 0 Å². The molecule has 126 valence electrons. The predicted molar refractivity (Wildman–Crippen MR) is 91.6 cm³/mol. The fraction of sp³-hybridized carbons (Fsp3) is 0.933. The van der Waals surface area contributed by atoms with E-state index in [1.807, 2.05) is 0 Å². The Labute approximate surface area is 130 Å². The molecule has 2 N–H and O–H groups in total. The lowest BCUT2D eigenvalue weighted by Gasteiger charge is -2.26. The van der Waals surface area contributed by atoms with Crippen molar-refractivity contribution in [2.45, 2.75) is 52.9 Å². The lowest BCUT2D eigenvalue weighted by Crippen LogP contribution is -2.42. The van der Waals surface area contributed by atoms with Crippen molar-refractivity contribution >= 4 is 15.8 Å². The molecule has 0 aliphatic rings. The second-order valence-electron chi connectivity index (χ2n) is 6.46. The van der Waals surface area contributed by atoms with Crippen LogP contribution in [-0.2, 0) is 9.84 Å². The molecule has 0 saturated carbocycles. The first-order valence-electron chi connectivity index (χ1n) is 7.82. The zero-order valence-corrected chi connectivity index (χ0v) is 15.1. The molecule has 0 atom stereocenters. The molecule has 0 rings (SSSR count). The number of unbranched alkanes of at least 4 members (excludes halogenated alkanes) is 2. The molecule has 0 bridgehead atoms. The molecule has 0 saturated heterocycles. The van der Waals surface area contributed by atoms with Crippen LogP contribution >= 0.6 is 0 Å². The third kappa shape index (κ3) is 12.7. The maximum absolute atomic E-state index is 11.1. The maximum Gasteiger partial charge on any atom is 0.190 e. The minimum atomic E-state index is -2.88. The Bertz CT molecular complexity index is 403. The van der Waals surface area contributed by atoms with Crippen molar-refractivity contribution in [2.75, 3.05) is 32.1 Å². The highest BCUT2D eigenvalue weighted by Gasteiger charge is 2.17. The highest BCUT2D eigenvalue weighted by molar-refractivity contribution is 7.90. The Morgan fingerprint density at radius 3 is 2.33 bits per heavy atom. The summed E-state index contributed by atoms with van der Waals surface area (Å²) in [5.74, 6) is 0.950. The second kappa shape index (κ2) is 10.0. The molecule has 0 aliphatic carbocycles. The molecule has 0 heterocycles. The number of guanidine groups is 1. The lowest BCUT2D eigenvalue weighted by atomic mass is 9.87. The van der Waals surface area contributed by atoms with Crippen LogP contribution < -0.4 is 10.6 Å². The summed E-state index contributed by atoms with van der Waals surface area (Å²) in [6, 6.07) is 0. The van der Waals surface area contributed by atoms with Gasteiger partial charge >= 0.3 is 0 Å². The van der Waals surface area contributed by atoms with E-state index in [1.54, 1.807) is 7.05 Å². The monoisotopic (exact) mass is 319 g/mol. The van der Waals surface area contributed by atoms with E-state index in [-0.39, 0.29) is 11.2 Å². The van der Waals surface area contributed by atoms with Gasteiger partial charge in [-0.1, -0.05) is 40.0 Å². The van der Waals surface area contributed by atoms with Crippen molar-refractivity contribution < 1.29 is 8.42 Å². The van der Waals surface area contributed by atoms with Gasteiger partial charge in [0.05, 0.1) is 5.75 Å². The van der Waals surface area contributed by atoms with Gasteiger partial charge in [0.15, 0.2) is 5.96 Å². The molecule has 0 fully saturated rings. The zero-order chi connectivity index (χ0) is 16.4. The van der Waals surface area contributed by atoms with E-state index in [4.69, 9.17) is 0 Å². The highest BCUT2D eigenvalue weighted by atomic mass is 32.2. The first-order chi connectivity index (χ1) is 9.70. The normalized spacial score (nSPS) is 13.3. The molecule has 0 unspecified atom stereocenters. The largest absolute Gasteiger partial charge is 0.356 e. The van der Waals surface area contributed by atoms with Crippen LogP contribution in [0.2, 0.25) is 0 Å². The molecule has 0 spiro atoms. The molecule has 0 amide bonds. The van der Waals surface area contributed by atoms with Gasteiger partial charge in [-0.15, -0.1) is 0 Å². The highest BCUT2D eigenvalue weighted by Crippen LogP contribution is 2.22. The fourth-order valence-corrected chi connectivity index (χ4v) is 2.70. The number of nitrogens with zero attached hydrogens (tertiary/aromatic N) is 1. The van der Waals surface area contributed by atoms with E-state index in [2.05, 4.69) is 36.4 Å². The minimum absolute atomic E-state index is 0.208. The summed E-state index contributed by atoms with van der Waals surface area (Å²) in [4.78, 5) is 4.17. The summed E-state index contributed by atoms with van der Waals surface area (Å²) >= 11 is 0. The van der Waals surface area contributed by atoms with Crippen molar-refractivity contribution in [1.82, 2.24) is 10.6 Å². The van der Waals surface area contributed by atoms with E-state index in [0.717, 1.165) is 12.5 Å². The summed E-state index contributed by atoms with van der Waals surface area (Å²) in [7, 11) is -1.15. The van der Waals surface area contributed by atoms with Gasteiger partial charge in [-0.25, -0.2) is 8.42 Å². The number of hydrogen-bond donors (Lipinski definition) is 2. The van der Waals surface area contributed by atoms with Crippen LogP contribution in [0.5, 0.6) is 0 Å². The van der Waals surface area contributed by atoms with Gasteiger partial charge in [-0.2, -0.15) is 0 Å². The second-order valence-corrected chi connectivity index (χ2v) is 8.72. The van der Waals surface area contributed by atoms with E-state index < -0.39 is 9.84 Å². The summed E-state index contributed by atoms with van der Waals surface area (Å²) in [6.07, 6.45) is 6.83. The summed E-state index contributed by atoms with van der Waals surface area (Å²) in [5.41, 5.74) is 0.236. The van der Waals surface area contributed by atoms with Crippen molar-refractivity contribution in [1.29, 1.82) is 0 Å². The zero-order valence-electron chi connectivity index (χ0n) is 14.3. The van der Waals surface area contributed by atoms with Crippen LogP contribution in [0.4, 0.5) is 0 Å². The SMILES string of the molecule is CCCCCC(C)(C)CNC(=NC)NCCCS(C)(=O)=O. The fourth-order valence-electron chi connectivity index (χ4n) is 2.03. The van der Waals surface area contributed by atoms with Crippen LogP contribution in [0.1, 0.15) is 52.9 Å². The van der Waals surface area contributed by atoms with Gasteiger partial charge in [0.1, 0.15) is 9.84 Å². The number of sulfone groups is 1. The van der Waals surface area contributed by atoms with Crippen molar-refractivity contribution in [2.24, 2.45) is 10.4 Å². The van der Waals surface area contributed by atoms with Gasteiger partial charge in [0, 0.05) is 26.4 Å². The summed E-state index contributed by atoms with van der Waals surface area (Å²) in [6.45, 7) is 8.21. The van der Waals surface area contributed by atoms with E-state index in [9.17, 15) is 8.42 Å². The Hall–Kier alpha value is -0.780. The van der Waals surface area contributed by atoms with E-state index in [1.165, 1.54) is 31.9 Å². The minimum Gasteiger partial charge on any atom is -0.356 e. The Kier molecular flexibility index (Phi) is 9.66. The number of hydrogen-bond acceptors (Lipinski definition) is 3. The Balaban J connectivity index is 3.99. The van der Waals surface area contributed by atoms with Crippen LogP contribution in [0.25, 0.3) is 0 Å². The summed E-state index contributed by atoms with van der Waals surface area (Å²) < 4.78 is 22.1. The smallest absolute Gasteiger partial charge is 0.190 e. The standard InChI is InChI=1S/C15H33N3O2S/c1-6-7-8-10-15(2,3)13-18-14(16-4)17-11-9-12-21(5,19)20/h6-13H2,1-5H3,(H2,16,17,18). The molecule has 21 heavy (non-hydrogen) atoms. The number of aliphatic imine (C=N–C) groups is 1. The van der Waals surface area contributed by atoms with E-state index in [0.29, 0.717) is 13.0 Å². The van der Waals surface area contributed by atoms with Crippen LogP contribution in [0.15, 0.2) is 4.99 Å². The molecule has 0 aromatic carbocycles. The van der Waals surface area contributed by atoms with Crippen molar-refractivity contribution in [3.8, 4) is 0 Å². The van der Waals surface area contributed by atoms with Gasteiger partial charge < -0.3 is 10.6 Å². The molecule has 0 aromatic heterocycles. The van der Waals surface area contributed by atoms with Gasteiger partial charge in [-0.3, -0.25) is 4.99 Å². The quantitative estimate of drug-likeness (QED) is 0.368. The third-order valence-electron chi connectivity index (χ3n) is 3.40. The molecular weight excluding hydrogens is 286 g/mol. The van der Waals surface area contributed by atoms with Crippen LogP contribution in [-0.4, -0.2) is 46.5 Å². The van der Waals surface area contributed by atoms with Gasteiger partial charge in [0.25, 0.3) is 0 Å². The number of nitrogens with one attached hydrogen (secondary N) is 2. The van der Waals surface area contributed by atoms with Crippen LogP contribution in [0.3, 0.4) is 0 Å². The average molecular weight is 320 g/mol. The molecule has 0 aliphatic heterocycles. The molecular formula is C15H33N3O2S. The predicted octanol–water partition coefficient (Wildman–Crippen LogP) is 2.19. The maximum atomic E-state index is 11.1. The van der Waals surface area contributed by atoms with Gasteiger partial charge in [-0.05, 0) is 18.3 Å². The lowest BCUT2D eigenvalue weighted by molar-refractivity contribution is 0.318. The molecule has 5 nitrogen and oxygen atoms in total. The Morgan fingerprint density at radius 2 is 1.81 bits per heavy atom. The molecule has 0 aromatic rings. The third-order valence-corrected chi connectivity index (χ3v) is 4.43. The average Bonchev–Trinajstić information content (AvgIpc) is 2.37. The first-order valence-corrected chi connectivity index (χ1v) is 9.88. The first kappa shape index (κ1) is 20.2. The number of rotatable bonds is 10. The van der Waals surface area contributed by atoms with Crippen LogP contribution in [0, 0.1) is 5.41 Å². The molecule has 0 radical (unpaired) electrons. The van der Waals surface area contributed by atoms with E-state index >= 15 is 0 Å². The van der Waals surface area contributed by atoms with Crippen molar-refractivity contribution in [3.63, 3.8) is 0 Å².